The summed E-state index contributed by atoms with van der Waals surface area (Å²) in [4.78, 5) is 29.8. The Morgan fingerprint density at radius 1 is 1.20 bits per heavy atom. The smallest absolute Gasteiger partial charge is 0.279 e. The van der Waals surface area contributed by atoms with Gasteiger partial charge in [-0.2, -0.15) is 0 Å². The molecular weight excluding hydrogens is 452 g/mol. The van der Waals surface area contributed by atoms with Gasteiger partial charge in [-0.05, 0) is 36.8 Å². The third-order valence-electron chi connectivity index (χ3n) is 5.79. The van der Waals surface area contributed by atoms with Crippen molar-refractivity contribution < 1.29 is 20.4 Å². The topological polar surface area (TPSA) is 167 Å². The summed E-state index contributed by atoms with van der Waals surface area (Å²) in [5.41, 5.74) is 3.32. The van der Waals surface area contributed by atoms with Crippen LogP contribution in [-0.4, -0.2) is 73.4 Å². The van der Waals surface area contributed by atoms with Crippen LogP contribution in [0.15, 0.2) is 46.3 Å². The average Bonchev–Trinajstić information content (AvgIpc) is 2.84. The van der Waals surface area contributed by atoms with Crippen LogP contribution >= 0.6 is 0 Å². The second-order valence-electron chi connectivity index (χ2n) is 8.37. The number of aryl methyl sites for hydroxylation is 1. The van der Waals surface area contributed by atoms with Crippen LogP contribution in [0.2, 0.25) is 0 Å². The monoisotopic (exact) mass is 480 g/mol. The second-order valence-corrected chi connectivity index (χ2v) is 8.37. The van der Waals surface area contributed by atoms with Gasteiger partial charge in [-0.1, -0.05) is 12.6 Å². The highest BCUT2D eigenvalue weighted by molar-refractivity contribution is 5.80. The summed E-state index contributed by atoms with van der Waals surface area (Å²) in [6, 6.07) is 9.40. The van der Waals surface area contributed by atoms with E-state index >= 15 is 0 Å². The summed E-state index contributed by atoms with van der Waals surface area (Å²) in [6.07, 6.45) is -2.16. The number of rotatable bonds is 9. The Morgan fingerprint density at radius 3 is 2.71 bits per heavy atom. The molecule has 11 heteroatoms. The zero-order valence-corrected chi connectivity index (χ0v) is 19.2. The Labute approximate surface area is 200 Å². The Hall–Kier alpha value is -3.64. The Bertz CT molecular complexity index is 1360. The molecule has 0 bridgehead atoms. The van der Waals surface area contributed by atoms with Gasteiger partial charge in [0.2, 0.25) is 0 Å². The van der Waals surface area contributed by atoms with Crippen LogP contribution < -0.4 is 26.6 Å². The number of H-pyrrole nitrogens is 1. The fourth-order valence-corrected chi connectivity index (χ4v) is 3.92. The molecule has 35 heavy (non-hydrogen) atoms. The van der Waals surface area contributed by atoms with E-state index in [9.17, 15) is 20.1 Å². The highest BCUT2D eigenvalue weighted by atomic mass is 16.4. The molecule has 6 N–H and O–H groups in total. The lowest BCUT2D eigenvalue weighted by atomic mass is 10.1. The minimum atomic E-state index is -1.62. The van der Waals surface area contributed by atoms with E-state index in [0.29, 0.717) is 24.3 Å². The van der Waals surface area contributed by atoms with Crippen LogP contribution in [0.4, 0.5) is 22.9 Å². The minimum Gasteiger partial charge on any atom is -0.394 e. The minimum absolute atomic E-state index is 0.0459. The molecule has 184 valence electrons. The zero-order chi connectivity index (χ0) is 25.1. The number of aliphatic hydroxyl groups is 4. The number of aliphatic hydroxyl groups excluding tert-OH is 4. The Morgan fingerprint density at radius 2 is 2.00 bits per heavy atom. The van der Waals surface area contributed by atoms with Crippen molar-refractivity contribution in [1.82, 2.24) is 15.0 Å². The molecule has 4 rings (SSSR count). The van der Waals surface area contributed by atoms with Crippen molar-refractivity contribution in [1.29, 1.82) is 0 Å². The van der Waals surface area contributed by atoms with E-state index in [-0.39, 0.29) is 23.2 Å². The van der Waals surface area contributed by atoms with E-state index in [1.165, 1.54) is 0 Å². The summed E-state index contributed by atoms with van der Waals surface area (Å²) in [5.74, 6) is 0.166. The van der Waals surface area contributed by atoms with Crippen molar-refractivity contribution in [2.75, 3.05) is 29.9 Å². The number of pyridine rings is 1. The van der Waals surface area contributed by atoms with Crippen molar-refractivity contribution in [2.24, 2.45) is 4.99 Å². The van der Waals surface area contributed by atoms with Crippen LogP contribution in [0.5, 0.6) is 0 Å². The highest BCUT2D eigenvalue weighted by Crippen LogP contribution is 2.38. The molecule has 3 aromatic rings. The van der Waals surface area contributed by atoms with Gasteiger partial charge in [-0.25, -0.2) is 9.98 Å². The average molecular weight is 481 g/mol. The molecule has 0 amide bonds. The van der Waals surface area contributed by atoms with E-state index in [4.69, 9.17) is 5.11 Å². The number of hydrogen-bond acceptors (Lipinski definition) is 10. The van der Waals surface area contributed by atoms with Crippen LogP contribution in [0, 0.1) is 6.92 Å². The van der Waals surface area contributed by atoms with Gasteiger partial charge in [-0.3, -0.25) is 9.78 Å². The third-order valence-corrected chi connectivity index (χ3v) is 5.79. The molecule has 0 spiro atoms. The molecule has 0 saturated heterocycles. The lowest BCUT2D eigenvalue weighted by molar-refractivity contribution is -0.0726. The molecule has 3 heterocycles. The van der Waals surface area contributed by atoms with Crippen molar-refractivity contribution in [3.8, 4) is 0 Å². The first kappa shape index (κ1) is 24.5. The van der Waals surface area contributed by atoms with Gasteiger partial charge in [0, 0.05) is 30.5 Å². The molecule has 0 unspecified atom stereocenters. The van der Waals surface area contributed by atoms with E-state index in [1.54, 1.807) is 11.1 Å². The number of β-amino-alcohol motifs (C(OH)–C–C–N with tert-alkyl or cyclic N) is 1. The lowest BCUT2D eigenvalue weighted by Crippen LogP contribution is -2.48. The van der Waals surface area contributed by atoms with Gasteiger partial charge in [-0.15, -0.1) is 0 Å². The number of fused-ring (bicyclic) bond motifs is 2. The maximum Gasteiger partial charge on any atom is 0.279 e. The van der Waals surface area contributed by atoms with Crippen molar-refractivity contribution in [2.45, 2.75) is 31.7 Å². The normalized spacial score (nSPS) is 14.9. The van der Waals surface area contributed by atoms with Crippen molar-refractivity contribution in [3.63, 3.8) is 0 Å². The summed E-state index contributed by atoms with van der Waals surface area (Å²) in [5, 5.41) is 43.2. The lowest BCUT2D eigenvalue weighted by Gasteiger charge is -2.32. The number of nitrogens with one attached hydrogen (secondary N) is 2. The molecule has 3 atom stereocenters. The molecular formula is C24H28N6O5. The number of nitrogens with zero attached hydrogens (tertiary/aromatic N) is 4. The summed E-state index contributed by atoms with van der Waals surface area (Å²) in [6.45, 7) is 5.29. The summed E-state index contributed by atoms with van der Waals surface area (Å²) >= 11 is 0. The molecule has 1 aliphatic heterocycles. The fourth-order valence-electron chi connectivity index (χ4n) is 3.92. The van der Waals surface area contributed by atoms with Gasteiger partial charge in [0.15, 0.2) is 11.2 Å². The van der Waals surface area contributed by atoms with Crippen LogP contribution in [-0.2, 0) is 6.42 Å². The van der Waals surface area contributed by atoms with Gasteiger partial charge in [0.05, 0.1) is 24.5 Å². The predicted molar refractivity (Wildman–Crippen MR) is 131 cm³/mol. The quantitative estimate of drug-likeness (QED) is 0.225. The number of aromatic nitrogens is 3. The first-order chi connectivity index (χ1) is 16.8. The molecule has 0 radical (unpaired) electrons. The van der Waals surface area contributed by atoms with Crippen molar-refractivity contribution in [3.05, 3.63) is 69.0 Å². The maximum atomic E-state index is 12.6. The number of benzene rings is 1. The van der Waals surface area contributed by atoms with Crippen LogP contribution in [0.25, 0.3) is 6.58 Å². The summed E-state index contributed by atoms with van der Waals surface area (Å²) < 4.78 is 0. The van der Waals surface area contributed by atoms with E-state index < -0.39 is 30.5 Å². The van der Waals surface area contributed by atoms with Crippen LogP contribution in [0.1, 0.15) is 11.3 Å². The predicted octanol–water partition coefficient (Wildman–Crippen LogP) is -0.984. The van der Waals surface area contributed by atoms with Crippen molar-refractivity contribution >= 4 is 29.5 Å². The van der Waals surface area contributed by atoms with Gasteiger partial charge < -0.3 is 35.6 Å². The molecule has 1 aromatic carbocycles. The highest BCUT2D eigenvalue weighted by Gasteiger charge is 2.31. The van der Waals surface area contributed by atoms with E-state index in [1.807, 2.05) is 37.3 Å². The summed E-state index contributed by atoms with van der Waals surface area (Å²) in [7, 11) is 0. The number of aromatic amines is 1. The first-order valence-electron chi connectivity index (χ1n) is 11.2. The molecule has 0 aliphatic carbocycles. The van der Waals surface area contributed by atoms with Gasteiger partial charge in [0.1, 0.15) is 23.8 Å². The van der Waals surface area contributed by atoms with Gasteiger partial charge >= 0.3 is 0 Å². The SMILES string of the molecule is C=c1nc2c(c(=O)[nH]1)=Nc1cc(C)c(NCCc3ccccn3)cc1N2C[C@H](O)[C@H](O)[C@H](O)CO. The molecule has 0 saturated carbocycles. The van der Waals surface area contributed by atoms with E-state index in [2.05, 4.69) is 31.8 Å². The Balaban J connectivity index is 1.71. The molecule has 2 aromatic heterocycles. The number of anilines is 3. The Kier molecular flexibility index (Phi) is 7.22. The molecule has 1 aliphatic rings. The number of hydrogen-bond donors (Lipinski definition) is 6. The van der Waals surface area contributed by atoms with Gasteiger partial charge in [0.25, 0.3) is 5.56 Å². The second kappa shape index (κ2) is 10.3. The zero-order valence-electron chi connectivity index (χ0n) is 19.2. The fraction of sp³-hybridized carbons (Fsp3) is 0.333. The standard InChI is InChI=1S/C24H28N6O5/c1-13-9-17-18(10-16(13)26-8-6-15-5-3-4-7-25-15)30(11-19(32)22(34)20(33)12-31)23-21(29-17)24(35)28-14(2)27-23/h3-5,7,9-10,19-20,22,26,31-34H,2,6,8,11-12H2,1H3,(H,28,35)/t19-,20+,22-/m0/s1. The maximum absolute atomic E-state index is 12.6. The largest absolute Gasteiger partial charge is 0.394 e. The van der Waals surface area contributed by atoms with Crippen LogP contribution in [0.3, 0.4) is 0 Å². The molecule has 11 nitrogen and oxygen atoms in total. The molecule has 0 fully saturated rings. The van der Waals surface area contributed by atoms with E-state index in [0.717, 1.165) is 16.9 Å². The third kappa shape index (κ3) is 5.23. The first-order valence-corrected chi connectivity index (χ1v) is 11.2.